The van der Waals surface area contributed by atoms with Crippen molar-refractivity contribution in [3.63, 3.8) is 0 Å². The number of ether oxygens (including phenoxy) is 2. The minimum Gasteiger partial charge on any atom is -0.479 e. The molecule has 1 N–H and O–H groups in total. The fourth-order valence-electron chi connectivity index (χ4n) is 0.929. The van der Waals surface area contributed by atoms with E-state index < -0.39 is 18.0 Å². The molecule has 5 heteroatoms. The van der Waals surface area contributed by atoms with Crippen LogP contribution in [0.25, 0.3) is 0 Å². The van der Waals surface area contributed by atoms with Crippen LogP contribution in [0.1, 0.15) is 40.0 Å². The number of rotatable bonds is 8. The van der Waals surface area contributed by atoms with Gasteiger partial charge in [-0.1, -0.05) is 20.3 Å². The Balaban J connectivity index is 4.19. The lowest BCUT2D eigenvalue weighted by atomic mass is 10.3. The van der Waals surface area contributed by atoms with Crippen LogP contribution in [0.2, 0.25) is 0 Å². The molecule has 0 aromatic carbocycles. The van der Waals surface area contributed by atoms with Crippen LogP contribution in [-0.4, -0.2) is 35.9 Å². The molecule has 0 fully saturated rings. The van der Waals surface area contributed by atoms with Gasteiger partial charge >= 0.3 is 11.9 Å². The second kappa shape index (κ2) is 8.10. The molecule has 0 radical (unpaired) electrons. The summed E-state index contributed by atoms with van der Waals surface area (Å²) in [7, 11) is 0. The maximum Gasteiger partial charge on any atom is 0.347 e. The van der Waals surface area contributed by atoms with Gasteiger partial charge in [-0.25, -0.2) is 9.59 Å². The van der Waals surface area contributed by atoms with Gasteiger partial charge in [0.2, 0.25) is 0 Å². The Morgan fingerprint density at radius 3 is 2.38 bits per heavy atom. The molecule has 0 aromatic rings. The Morgan fingerprint density at radius 2 is 1.94 bits per heavy atom. The summed E-state index contributed by atoms with van der Waals surface area (Å²) < 4.78 is 9.89. The molecule has 2 atom stereocenters. The number of hydrogen-bond donors (Lipinski definition) is 1. The van der Waals surface area contributed by atoms with E-state index in [4.69, 9.17) is 14.6 Å². The molecular formula is C11H20O5. The molecule has 0 rings (SSSR count). The lowest BCUT2D eigenvalue weighted by Gasteiger charge is -2.16. The first-order valence-electron chi connectivity index (χ1n) is 5.57. The van der Waals surface area contributed by atoms with Crippen LogP contribution in [0.5, 0.6) is 0 Å². The third kappa shape index (κ3) is 5.70. The number of carbonyl (C=O) groups excluding carboxylic acids is 1. The zero-order valence-electron chi connectivity index (χ0n) is 10.1. The lowest BCUT2D eigenvalue weighted by Crippen LogP contribution is -2.36. The molecule has 0 aliphatic heterocycles. The topological polar surface area (TPSA) is 72.8 Å². The van der Waals surface area contributed by atoms with Crippen molar-refractivity contribution in [1.82, 2.24) is 0 Å². The molecule has 0 heterocycles. The summed E-state index contributed by atoms with van der Waals surface area (Å²) in [5.74, 6) is -2.12. The van der Waals surface area contributed by atoms with E-state index in [1.165, 1.54) is 0 Å². The third-order valence-electron chi connectivity index (χ3n) is 2.11. The standard InChI is InChI=1S/C11H20O5/c1-4-6-7-15-9(10(12)13)11(14)16-8(3)5-2/h8-9H,4-7H2,1-3H3,(H,12,13). The number of carbonyl (C=O) groups is 2. The minimum atomic E-state index is -1.50. The molecule has 0 aromatic heterocycles. The summed E-state index contributed by atoms with van der Waals surface area (Å²) in [5.41, 5.74) is 0. The van der Waals surface area contributed by atoms with Crippen LogP contribution in [0.15, 0.2) is 0 Å². The number of hydrogen-bond acceptors (Lipinski definition) is 4. The van der Waals surface area contributed by atoms with Gasteiger partial charge in [-0.15, -0.1) is 0 Å². The van der Waals surface area contributed by atoms with Gasteiger partial charge in [0, 0.05) is 6.61 Å². The molecule has 0 bridgehead atoms. The van der Waals surface area contributed by atoms with E-state index in [0.29, 0.717) is 6.42 Å². The highest BCUT2D eigenvalue weighted by Gasteiger charge is 2.29. The number of unbranched alkanes of at least 4 members (excludes halogenated alkanes) is 1. The van der Waals surface area contributed by atoms with Crippen molar-refractivity contribution in [1.29, 1.82) is 0 Å². The molecule has 2 unspecified atom stereocenters. The van der Waals surface area contributed by atoms with Gasteiger partial charge in [-0.05, 0) is 19.8 Å². The second-order valence-corrected chi connectivity index (χ2v) is 3.60. The molecule has 0 spiro atoms. The first-order valence-corrected chi connectivity index (χ1v) is 5.57. The third-order valence-corrected chi connectivity index (χ3v) is 2.11. The highest BCUT2D eigenvalue weighted by molar-refractivity contribution is 5.97. The molecule has 94 valence electrons. The van der Waals surface area contributed by atoms with E-state index in [0.717, 1.165) is 12.8 Å². The normalized spacial score (nSPS) is 14.2. The molecular weight excluding hydrogens is 212 g/mol. The average Bonchev–Trinajstić information content (AvgIpc) is 2.23. The van der Waals surface area contributed by atoms with Crippen molar-refractivity contribution in [3.8, 4) is 0 Å². The van der Waals surface area contributed by atoms with Gasteiger partial charge in [0.25, 0.3) is 6.10 Å². The summed E-state index contributed by atoms with van der Waals surface area (Å²) in [5, 5.41) is 8.80. The number of esters is 1. The maximum absolute atomic E-state index is 11.4. The molecule has 0 saturated carbocycles. The molecule has 0 saturated heterocycles. The van der Waals surface area contributed by atoms with Crippen LogP contribution < -0.4 is 0 Å². The van der Waals surface area contributed by atoms with E-state index in [-0.39, 0.29) is 12.7 Å². The number of carboxylic acid groups (broad SMARTS) is 1. The van der Waals surface area contributed by atoms with Gasteiger partial charge < -0.3 is 14.6 Å². The fourth-order valence-corrected chi connectivity index (χ4v) is 0.929. The minimum absolute atomic E-state index is 0.253. The van der Waals surface area contributed by atoms with E-state index in [2.05, 4.69) is 0 Å². The molecule has 5 nitrogen and oxygen atoms in total. The molecule has 16 heavy (non-hydrogen) atoms. The average molecular weight is 232 g/mol. The fraction of sp³-hybridized carbons (Fsp3) is 0.818. The number of carboxylic acids is 1. The highest BCUT2D eigenvalue weighted by Crippen LogP contribution is 2.04. The quantitative estimate of drug-likeness (QED) is 0.391. The first-order chi connectivity index (χ1) is 7.52. The van der Waals surface area contributed by atoms with Gasteiger partial charge in [0.15, 0.2) is 0 Å². The van der Waals surface area contributed by atoms with Gasteiger partial charge in [-0.2, -0.15) is 0 Å². The molecule has 0 aliphatic carbocycles. The van der Waals surface area contributed by atoms with Crippen molar-refractivity contribution < 1.29 is 24.2 Å². The van der Waals surface area contributed by atoms with Crippen molar-refractivity contribution in [2.24, 2.45) is 0 Å². The Labute approximate surface area is 95.7 Å². The predicted molar refractivity (Wildman–Crippen MR) is 58.1 cm³/mol. The van der Waals surface area contributed by atoms with Crippen molar-refractivity contribution >= 4 is 11.9 Å². The molecule has 0 amide bonds. The summed E-state index contributed by atoms with van der Waals surface area (Å²) in [6, 6.07) is 0. The van der Waals surface area contributed by atoms with Crippen LogP contribution in [-0.2, 0) is 19.1 Å². The zero-order chi connectivity index (χ0) is 12.6. The van der Waals surface area contributed by atoms with E-state index >= 15 is 0 Å². The van der Waals surface area contributed by atoms with Crippen LogP contribution in [0.4, 0.5) is 0 Å². The van der Waals surface area contributed by atoms with Crippen molar-refractivity contribution in [2.75, 3.05) is 6.61 Å². The van der Waals surface area contributed by atoms with Crippen molar-refractivity contribution in [2.45, 2.75) is 52.2 Å². The number of aliphatic carboxylic acids is 1. The Kier molecular flexibility index (Phi) is 7.54. The Morgan fingerprint density at radius 1 is 1.31 bits per heavy atom. The smallest absolute Gasteiger partial charge is 0.347 e. The summed E-state index contributed by atoms with van der Waals surface area (Å²) in [6.07, 6.45) is 0.463. The van der Waals surface area contributed by atoms with Crippen LogP contribution in [0.3, 0.4) is 0 Å². The maximum atomic E-state index is 11.4. The summed E-state index contributed by atoms with van der Waals surface area (Å²) >= 11 is 0. The van der Waals surface area contributed by atoms with Crippen molar-refractivity contribution in [3.05, 3.63) is 0 Å². The van der Waals surface area contributed by atoms with Gasteiger partial charge in [0.05, 0.1) is 6.10 Å². The lowest BCUT2D eigenvalue weighted by molar-refractivity contribution is -0.173. The Hall–Kier alpha value is -1.10. The summed E-state index contributed by atoms with van der Waals surface area (Å²) in [4.78, 5) is 22.2. The molecule has 0 aliphatic rings. The van der Waals surface area contributed by atoms with Crippen LogP contribution in [0, 0.1) is 0 Å². The summed E-state index contributed by atoms with van der Waals surface area (Å²) in [6.45, 7) is 5.77. The Bertz CT molecular complexity index is 226. The zero-order valence-corrected chi connectivity index (χ0v) is 10.1. The van der Waals surface area contributed by atoms with E-state index in [1.54, 1.807) is 6.92 Å². The SMILES string of the molecule is CCCCOC(C(=O)O)C(=O)OC(C)CC. The van der Waals surface area contributed by atoms with E-state index in [1.807, 2.05) is 13.8 Å². The largest absolute Gasteiger partial charge is 0.479 e. The second-order valence-electron chi connectivity index (χ2n) is 3.60. The van der Waals surface area contributed by atoms with Gasteiger partial charge in [0.1, 0.15) is 0 Å². The first kappa shape index (κ1) is 14.9. The van der Waals surface area contributed by atoms with E-state index in [9.17, 15) is 9.59 Å². The van der Waals surface area contributed by atoms with Crippen LogP contribution >= 0.6 is 0 Å². The van der Waals surface area contributed by atoms with Gasteiger partial charge in [-0.3, -0.25) is 0 Å². The monoisotopic (exact) mass is 232 g/mol. The predicted octanol–water partition coefficient (Wildman–Crippen LogP) is 1.60. The highest BCUT2D eigenvalue weighted by atomic mass is 16.6.